The number of quaternary nitrogens is 1. The van der Waals surface area contributed by atoms with E-state index in [-0.39, 0.29) is 23.9 Å². The van der Waals surface area contributed by atoms with E-state index in [1.54, 1.807) is 12.4 Å². The predicted octanol–water partition coefficient (Wildman–Crippen LogP) is 3.05. The molecule has 8 heteroatoms. The van der Waals surface area contributed by atoms with Crippen LogP contribution in [-0.4, -0.2) is 62.8 Å². The van der Waals surface area contributed by atoms with E-state index in [1.807, 2.05) is 0 Å². The average molecular weight is 486 g/mol. The van der Waals surface area contributed by atoms with Gasteiger partial charge in [0.25, 0.3) is 5.91 Å². The fourth-order valence-corrected chi connectivity index (χ4v) is 7.85. The van der Waals surface area contributed by atoms with Gasteiger partial charge in [0.2, 0.25) is 0 Å². The lowest BCUT2D eigenvalue weighted by molar-refractivity contribution is -0.965. The number of primary amides is 1. The van der Waals surface area contributed by atoms with Crippen LogP contribution in [0.15, 0.2) is 18.7 Å². The molecule has 2 bridgehead atoms. The molecule has 3 N–H and O–H groups in total. The first-order valence-electron chi connectivity index (χ1n) is 13.8. The van der Waals surface area contributed by atoms with Gasteiger partial charge in [-0.15, -0.1) is 0 Å². The molecule has 192 valence electrons. The summed E-state index contributed by atoms with van der Waals surface area (Å²) in [5.41, 5.74) is 5.25. The van der Waals surface area contributed by atoms with Crippen molar-refractivity contribution in [1.82, 2.24) is 9.97 Å². The molecule has 2 atom stereocenters. The van der Waals surface area contributed by atoms with Gasteiger partial charge in [0.15, 0.2) is 17.7 Å². The van der Waals surface area contributed by atoms with Crippen molar-refractivity contribution < 1.29 is 23.9 Å². The van der Waals surface area contributed by atoms with E-state index in [1.165, 1.54) is 19.2 Å². The first kappa shape index (κ1) is 24.6. The number of aromatic nitrogens is 2. The van der Waals surface area contributed by atoms with E-state index >= 15 is 0 Å². The molecule has 3 saturated heterocycles. The zero-order valence-electron chi connectivity index (χ0n) is 20.8. The Morgan fingerprint density at radius 2 is 1.49 bits per heavy atom. The molecule has 5 aliphatic rings. The Morgan fingerprint density at radius 3 is 2.00 bits per heavy atom. The molecule has 8 nitrogen and oxygen atoms in total. The number of fused-ring (bicyclic) bond motifs is 3. The number of nitrogens with zero attached hydrogens (tertiary/aromatic N) is 3. The van der Waals surface area contributed by atoms with Crippen LogP contribution in [-0.2, 0) is 14.3 Å². The maximum atomic E-state index is 13.9. The largest absolute Gasteiger partial charge is 0.454 e. The quantitative estimate of drug-likeness (QED) is 0.453. The first-order chi connectivity index (χ1) is 16.9. The molecule has 0 radical (unpaired) electrons. The second-order valence-corrected chi connectivity index (χ2v) is 11.6. The van der Waals surface area contributed by atoms with Crippen molar-refractivity contribution in [2.24, 2.45) is 23.5 Å². The molecule has 1 aromatic heterocycles. The number of hydrogen-bond acceptors (Lipinski definition) is 6. The summed E-state index contributed by atoms with van der Waals surface area (Å²) in [6.07, 6.45) is 16.4. The highest BCUT2D eigenvalue weighted by Gasteiger charge is 2.57. The van der Waals surface area contributed by atoms with Crippen LogP contribution in [0.4, 0.5) is 0 Å². The van der Waals surface area contributed by atoms with Crippen LogP contribution < -0.4 is 5.73 Å². The van der Waals surface area contributed by atoms with E-state index in [9.17, 15) is 14.7 Å². The van der Waals surface area contributed by atoms with Crippen LogP contribution in [0.3, 0.4) is 0 Å². The molecule has 6 rings (SSSR count). The number of esters is 1. The molecule has 1 aromatic rings. The third-order valence-electron chi connectivity index (χ3n) is 9.71. The number of carbonyl (C=O) groups is 2. The summed E-state index contributed by atoms with van der Waals surface area (Å²) in [6, 6.07) is -0.561. The molecule has 0 aromatic carbocycles. The summed E-state index contributed by atoms with van der Waals surface area (Å²) in [5.74, 6) is -0.577. The van der Waals surface area contributed by atoms with Crippen molar-refractivity contribution in [3.8, 4) is 0 Å². The van der Waals surface area contributed by atoms with Crippen molar-refractivity contribution in [2.45, 2.75) is 94.8 Å². The predicted molar refractivity (Wildman–Crippen MR) is 130 cm³/mol. The summed E-state index contributed by atoms with van der Waals surface area (Å²) in [6.45, 7) is 2.18. The Kier molecular flexibility index (Phi) is 7.13. The highest BCUT2D eigenvalue weighted by Crippen LogP contribution is 2.46. The standard InChI is InChI=1S/C27H40N4O4/c28-25(32)24(20-15-29-18-30-16-20)31-13-11-19(12-14-31)23(17-31)35-26(33)27(34,21-7-3-1-4-8-21)22-9-5-2-6-10-22/h15-16,18-19,21-24,34H,1-14,17H2,(H-,28,32)/p+1/t19?,23-,24?,31?/m0/s1. The molecule has 1 amide bonds. The van der Waals surface area contributed by atoms with Gasteiger partial charge in [0, 0.05) is 31.2 Å². The second kappa shape index (κ2) is 10.1. The molecular weight excluding hydrogens is 444 g/mol. The van der Waals surface area contributed by atoms with Crippen molar-refractivity contribution in [2.75, 3.05) is 19.6 Å². The SMILES string of the molecule is NC(=O)C(c1cncnc1)[N+]12CCC(CC1)[C@@H](OC(=O)C(O)(C1CCCCC1)C1CCCCC1)C2. The van der Waals surface area contributed by atoms with Gasteiger partial charge in [-0.25, -0.2) is 14.8 Å². The van der Waals surface area contributed by atoms with E-state index in [4.69, 9.17) is 10.5 Å². The summed E-state index contributed by atoms with van der Waals surface area (Å²) >= 11 is 0. The highest BCUT2D eigenvalue weighted by molar-refractivity contribution is 5.81. The fraction of sp³-hybridized carbons (Fsp3) is 0.778. The lowest BCUT2D eigenvalue weighted by atomic mass is 9.66. The molecule has 35 heavy (non-hydrogen) atoms. The van der Waals surface area contributed by atoms with Gasteiger partial charge in [-0.1, -0.05) is 38.5 Å². The highest BCUT2D eigenvalue weighted by atomic mass is 16.6. The van der Waals surface area contributed by atoms with Crippen LogP contribution >= 0.6 is 0 Å². The van der Waals surface area contributed by atoms with Gasteiger partial charge in [-0.2, -0.15) is 0 Å². The maximum Gasteiger partial charge on any atom is 0.339 e. The molecule has 3 aliphatic heterocycles. The Balaban J connectivity index is 1.38. The lowest BCUT2D eigenvalue weighted by Crippen LogP contribution is -2.68. The average Bonchev–Trinajstić information content (AvgIpc) is 2.90. The fourth-order valence-electron chi connectivity index (χ4n) is 7.85. The Labute approximate surface area is 208 Å². The normalized spacial score (nSPS) is 31.1. The number of nitrogens with two attached hydrogens (primary N) is 1. The minimum Gasteiger partial charge on any atom is -0.454 e. The Morgan fingerprint density at radius 1 is 0.943 bits per heavy atom. The first-order valence-corrected chi connectivity index (χ1v) is 13.8. The molecule has 0 spiro atoms. The van der Waals surface area contributed by atoms with Crippen molar-refractivity contribution in [1.29, 1.82) is 0 Å². The molecule has 1 unspecified atom stereocenters. The van der Waals surface area contributed by atoms with Gasteiger partial charge in [-0.3, -0.25) is 4.79 Å². The number of rotatable bonds is 7. The van der Waals surface area contributed by atoms with Crippen molar-refractivity contribution in [3.05, 3.63) is 24.3 Å². The number of hydrogen-bond donors (Lipinski definition) is 2. The minimum absolute atomic E-state index is 0.0177. The number of ether oxygens (including phenoxy) is 1. The molecule has 2 saturated carbocycles. The van der Waals surface area contributed by atoms with E-state index in [0.717, 1.165) is 77.3 Å². The smallest absolute Gasteiger partial charge is 0.339 e. The number of amides is 1. The van der Waals surface area contributed by atoms with E-state index < -0.39 is 23.5 Å². The third-order valence-corrected chi connectivity index (χ3v) is 9.71. The molecule has 4 heterocycles. The van der Waals surface area contributed by atoms with E-state index in [2.05, 4.69) is 9.97 Å². The topological polar surface area (TPSA) is 115 Å². The van der Waals surface area contributed by atoms with Crippen LogP contribution in [0.25, 0.3) is 0 Å². The van der Waals surface area contributed by atoms with Gasteiger partial charge in [0.05, 0.1) is 18.7 Å². The zero-order valence-corrected chi connectivity index (χ0v) is 20.8. The van der Waals surface area contributed by atoms with Crippen molar-refractivity contribution in [3.63, 3.8) is 0 Å². The summed E-state index contributed by atoms with van der Waals surface area (Å²) in [4.78, 5) is 34.8. The lowest BCUT2D eigenvalue weighted by Gasteiger charge is -2.55. The monoisotopic (exact) mass is 485 g/mol. The van der Waals surface area contributed by atoms with Crippen LogP contribution in [0.5, 0.6) is 0 Å². The second-order valence-electron chi connectivity index (χ2n) is 11.6. The third kappa shape index (κ3) is 4.59. The van der Waals surface area contributed by atoms with Crippen molar-refractivity contribution >= 4 is 11.9 Å². The summed E-state index contributed by atoms with van der Waals surface area (Å²) < 4.78 is 6.77. The van der Waals surface area contributed by atoms with Crippen LogP contribution in [0, 0.1) is 17.8 Å². The number of aliphatic hydroxyl groups is 1. The Hall–Kier alpha value is -2.06. The molecule has 2 aliphatic carbocycles. The van der Waals surface area contributed by atoms with Gasteiger partial charge in [-0.05, 0) is 37.5 Å². The van der Waals surface area contributed by atoms with E-state index in [0.29, 0.717) is 16.6 Å². The molecule has 5 fully saturated rings. The number of carbonyl (C=O) groups excluding carboxylic acids is 2. The Bertz CT molecular complexity index is 872. The zero-order chi connectivity index (χ0) is 24.5. The van der Waals surface area contributed by atoms with Gasteiger partial charge >= 0.3 is 5.97 Å². The van der Waals surface area contributed by atoms with Crippen LogP contribution in [0.2, 0.25) is 0 Å². The maximum absolute atomic E-state index is 13.9. The van der Waals surface area contributed by atoms with Crippen LogP contribution in [0.1, 0.15) is 88.7 Å². The molecular formula is C27H41N4O4+. The summed E-state index contributed by atoms with van der Waals surface area (Å²) in [7, 11) is 0. The summed E-state index contributed by atoms with van der Waals surface area (Å²) in [5, 5.41) is 12.1. The number of piperidine rings is 3. The van der Waals surface area contributed by atoms with Gasteiger partial charge < -0.3 is 20.1 Å². The van der Waals surface area contributed by atoms with Gasteiger partial charge in [0.1, 0.15) is 12.9 Å². The minimum atomic E-state index is -1.39.